The van der Waals surface area contributed by atoms with E-state index in [2.05, 4.69) is 19.8 Å². The van der Waals surface area contributed by atoms with Crippen molar-refractivity contribution in [3.05, 3.63) is 45.0 Å². The molecule has 12 heteroatoms. The van der Waals surface area contributed by atoms with Crippen LogP contribution in [0.1, 0.15) is 6.92 Å². The van der Waals surface area contributed by atoms with Crippen molar-refractivity contribution in [2.24, 2.45) is 0 Å². The number of sulfonamides is 1. The Balaban J connectivity index is 2.07. The lowest BCUT2D eigenvalue weighted by Crippen LogP contribution is -2.05. The van der Waals surface area contributed by atoms with Gasteiger partial charge in [0.15, 0.2) is 15.7 Å². The van der Waals surface area contributed by atoms with Crippen molar-refractivity contribution in [3.63, 3.8) is 0 Å². The summed E-state index contributed by atoms with van der Waals surface area (Å²) in [6.07, 6.45) is 0. The minimum Gasteiger partial charge on any atom is -0.568 e. The molecule has 0 aliphatic carbocycles. The van der Waals surface area contributed by atoms with Crippen LogP contribution in [0.25, 0.3) is 10.4 Å². The SMILES string of the molecule is CCOc1nc(F)cc2nc(S(=O)(=O)[N-]c3c(Cl)cccc3Cl)nn12. The molecule has 2 heterocycles. The molecule has 132 valence electrons. The van der Waals surface area contributed by atoms with Crippen LogP contribution in [0.2, 0.25) is 10.0 Å². The summed E-state index contributed by atoms with van der Waals surface area (Å²) in [5.41, 5.74) is -0.242. The fourth-order valence-electron chi connectivity index (χ4n) is 1.89. The summed E-state index contributed by atoms with van der Waals surface area (Å²) in [5, 5.41) is 3.20. The van der Waals surface area contributed by atoms with Gasteiger partial charge in [0.2, 0.25) is 5.95 Å². The number of hydrogen-bond acceptors (Lipinski definition) is 6. The zero-order valence-corrected chi connectivity index (χ0v) is 14.8. The summed E-state index contributed by atoms with van der Waals surface area (Å²) in [5.74, 6) is -0.890. The summed E-state index contributed by atoms with van der Waals surface area (Å²) in [4.78, 5) is 7.27. The Kier molecular flexibility index (Phi) is 4.67. The van der Waals surface area contributed by atoms with Crippen LogP contribution in [0.4, 0.5) is 10.1 Å². The van der Waals surface area contributed by atoms with E-state index in [1.54, 1.807) is 13.0 Å². The fourth-order valence-corrected chi connectivity index (χ4v) is 3.38. The Labute approximate surface area is 151 Å². The highest BCUT2D eigenvalue weighted by atomic mass is 35.5. The fraction of sp³-hybridized carbons (Fsp3) is 0.154. The summed E-state index contributed by atoms with van der Waals surface area (Å²) in [6.45, 7) is 1.83. The average Bonchev–Trinajstić information content (AvgIpc) is 2.96. The first-order valence-electron chi connectivity index (χ1n) is 6.80. The van der Waals surface area contributed by atoms with E-state index in [-0.39, 0.29) is 34.0 Å². The molecule has 25 heavy (non-hydrogen) atoms. The first-order valence-corrected chi connectivity index (χ1v) is 8.99. The molecule has 3 aromatic rings. The standard InChI is InChI=1S/C13H9Cl2FN5O3S/c1-2-24-13-17-9(16)6-10-18-12(19-21(10)13)25(22,23)20-11-7(14)4-3-5-8(11)15/h3-6H,2H2,1H3/q-1. The second-order valence-corrected chi connectivity index (χ2v) is 6.91. The molecule has 0 fully saturated rings. The predicted octanol–water partition coefficient (Wildman–Crippen LogP) is 3.36. The van der Waals surface area contributed by atoms with Crippen LogP contribution in [0.15, 0.2) is 29.4 Å². The molecule has 8 nitrogen and oxygen atoms in total. The van der Waals surface area contributed by atoms with E-state index in [1.165, 1.54) is 12.1 Å². The predicted molar refractivity (Wildman–Crippen MR) is 88.6 cm³/mol. The average molecular weight is 405 g/mol. The lowest BCUT2D eigenvalue weighted by atomic mass is 10.3. The summed E-state index contributed by atoms with van der Waals surface area (Å²) in [7, 11) is -4.36. The molecule has 0 atom stereocenters. The van der Waals surface area contributed by atoms with Crippen molar-refractivity contribution in [2.75, 3.05) is 6.61 Å². The molecule has 0 aliphatic heterocycles. The number of fused-ring (bicyclic) bond motifs is 1. The van der Waals surface area contributed by atoms with Gasteiger partial charge in [0, 0.05) is 16.1 Å². The highest BCUT2D eigenvalue weighted by Gasteiger charge is 2.18. The number of rotatable bonds is 5. The quantitative estimate of drug-likeness (QED) is 0.604. The van der Waals surface area contributed by atoms with E-state index in [4.69, 9.17) is 27.9 Å². The lowest BCUT2D eigenvalue weighted by Gasteiger charge is -2.22. The number of aromatic nitrogens is 4. The van der Waals surface area contributed by atoms with Gasteiger partial charge in [-0.05, 0) is 19.1 Å². The van der Waals surface area contributed by atoms with Crippen LogP contribution >= 0.6 is 23.2 Å². The normalized spacial score (nSPS) is 11.7. The second kappa shape index (κ2) is 6.62. The van der Waals surface area contributed by atoms with E-state index in [0.29, 0.717) is 0 Å². The van der Waals surface area contributed by atoms with Gasteiger partial charge in [-0.2, -0.15) is 18.9 Å². The van der Waals surface area contributed by atoms with Gasteiger partial charge in [0.1, 0.15) is 0 Å². The van der Waals surface area contributed by atoms with Crippen molar-refractivity contribution >= 4 is 44.6 Å². The molecule has 0 N–H and O–H groups in total. The lowest BCUT2D eigenvalue weighted by molar-refractivity contribution is 0.296. The van der Waals surface area contributed by atoms with E-state index >= 15 is 0 Å². The van der Waals surface area contributed by atoms with E-state index in [1.807, 2.05) is 0 Å². The molecule has 0 radical (unpaired) electrons. The second-order valence-electron chi connectivity index (χ2n) is 4.60. The number of halogens is 3. The highest BCUT2D eigenvalue weighted by molar-refractivity contribution is 7.94. The Hall–Kier alpha value is -2.17. The minimum atomic E-state index is -4.36. The van der Waals surface area contributed by atoms with Crippen LogP contribution in [0, 0.1) is 5.95 Å². The Morgan fingerprint density at radius 1 is 1.28 bits per heavy atom. The zero-order valence-electron chi connectivity index (χ0n) is 12.5. The van der Waals surface area contributed by atoms with Gasteiger partial charge in [-0.15, -0.1) is 5.10 Å². The summed E-state index contributed by atoms with van der Waals surface area (Å²) < 4.78 is 48.1. The zero-order chi connectivity index (χ0) is 18.2. The molecular weight excluding hydrogens is 396 g/mol. The Morgan fingerprint density at radius 3 is 2.60 bits per heavy atom. The number of hydrogen-bond donors (Lipinski definition) is 0. The van der Waals surface area contributed by atoms with Gasteiger partial charge in [-0.25, -0.2) is 8.42 Å². The number of benzene rings is 1. The summed E-state index contributed by atoms with van der Waals surface area (Å²) >= 11 is 11.8. The maximum atomic E-state index is 13.5. The Bertz CT molecular complexity index is 1040. The first kappa shape index (κ1) is 17.6. The van der Waals surface area contributed by atoms with Gasteiger partial charge in [-0.3, -0.25) is 0 Å². The minimum absolute atomic E-state index is 0.0440. The topological polar surface area (TPSA) is 101 Å². The van der Waals surface area contributed by atoms with Crippen molar-refractivity contribution in [2.45, 2.75) is 12.1 Å². The van der Waals surface area contributed by atoms with Gasteiger partial charge in [0.05, 0.1) is 6.61 Å². The smallest absolute Gasteiger partial charge is 0.322 e. The molecule has 0 aliphatic rings. The van der Waals surface area contributed by atoms with Crippen molar-refractivity contribution in [3.8, 4) is 6.01 Å². The largest absolute Gasteiger partial charge is 0.568 e. The van der Waals surface area contributed by atoms with Gasteiger partial charge in [0.25, 0.3) is 5.16 Å². The van der Waals surface area contributed by atoms with E-state index in [0.717, 1.165) is 10.6 Å². The van der Waals surface area contributed by atoms with Crippen LogP contribution in [-0.2, 0) is 10.0 Å². The molecule has 2 aromatic heterocycles. The molecule has 0 saturated carbocycles. The van der Waals surface area contributed by atoms with E-state index < -0.39 is 21.1 Å². The molecule has 1 aromatic carbocycles. The summed E-state index contributed by atoms with van der Waals surface area (Å²) in [6, 6.07) is 5.10. The van der Waals surface area contributed by atoms with Crippen LogP contribution in [0.3, 0.4) is 0 Å². The van der Waals surface area contributed by atoms with E-state index in [9.17, 15) is 12.8 Å². The van der Waals surface area contributed by atoms with Gasteiger partial charge in [-0.1, -0.05) is 35.0 Å². The van der Waals surface area contributed by atoms with Gasteiger partial charge < -0.3 is 9.46 Å². The third kappa shape index (κ3) is 3.46. The van der Waals surface area contributed by atoms with Gasteiger partial charge >= 0.3 is 6.01 Å². The van der Waals surface area contributed by atoms with Crippen LogP contribution in [-0.4, -0.2) is 34.6 Å². The monoisotopic (exact) mass is 404 g/mol. The van der Waals surface area contributed by atoms with Crippen LogP contribution in [0.5, 0.6) is 6.01 Å². The molecule has 0 bridgehead atoms. The third-order valence-corrected chi connectivity index (χ3v) is 4.57. The van der Waals surface area contributed by atoms with Crippen molar-refractivity contribution < 1.29 is 17.5 Å². The van der Waals surface area contributed by atoms with Crippen molar-refractivity contribution in [1.82, 2.24) is 19.6 Å². The molecule has 0 spiro atoms. The molecule has 3 rings (SSSR count). The Morgan fingerprint density at radius 2 is 1.96 bits per heavy atom. The maximum absolute atomic E-state index is 13.5. The number of ether oxygens (including phenoxy) is 1. The molecule has 0 unspecified atom stereocenters. The third-order valence-electron chi connectivity index (χ3n) is 2.90. The number of nitrogens with zero attached hydrogens (tertiary/aromatic N) is 5. The molecule has 0 amide bonds. The molecule has 0 saturated heterocycles. The van der Waals surface area contributed by atoms with Crippen LogP contribution < -0.4 is 4.74 Å². The maximum Gasteiger partial charge on any atom is 0.322 e. The first-order chi connectivity index (χ1) is 11.8. The highest BCUT2D eigenvalue weighted by Crippen LogP contribution is 2.39. The van der Waals surface area contributed by atoms with Crippen molar-refractivity contribution in [1.29, 1.82) is 0 Å². The molecular formula is C13H9Cl2FN5O3S-.